The molecule has 4 rings (SSSR count). The van der Waals surface area contributed by atoms with Crippen molar-refractivity contribution < 1.29 is 13.3 Å². The molecular weight excluding hydrogens is 402 g/mol. The Bertz CT molecular complexity index is 1310. The number of sulfonamides is 1. The lowest BCUT2D eigenvalue weighted by atomic mass is 9.99. The second kappa shape index (κ2) is 7.74. The van der Waals surface area contributed by atoms with Crippen LogP contribution < -0.4 is 4.72 Å². The van der Waals surface area contributed by atoms with Gasteiger partial charge in [0.1, 0.15) is 0 Å². The van der Waals surface area contributed by atoms with E-state index < -0.39 is 21.0 Å². The van der Waals surface area contributed by atoms with Crippen molar-refractivity contribution >= 4 is 26.6 Å². The SMILES string of the molecule is Cn1cc(C(NS(=O)(=O)c2ccc([N+](=O)[O-])cc2)c2ccccc2)c2ccccc21. The summed E-state index contributed by atoms with van der Waals surface area (Å²) in [6, 6.07) is 21.3. The average molecular weight is 421 g/mol. The lowest BCUT2D eigenvalue weighted by Crippen LogP contribution is -2.29. The van der Waals surface area contributed by atoms with E-state index in [9.17, 15) is 18.5 Å². The smallest absolute Gasteiger partial charge is 0.269 e. The van der Waals surface area contributed by atoms with Gasteiger partial charge in [0, 0.05) is 41.8 Å². The van der Waals surface area contributed by atoms with Gasteiger partial charge < -0.3 is 4.57 Å². The third-order valence-corrected chi connectivity index (χ3v) is 6.44. The number of hydrogen-bond donors (Lipinski definition) is 1. The highest BCUT2D eigenvalue weighted by Crippen LogP contribution is 2.31. The molecule has 0 saturated heterocycles. The van der Waals surface area contributed by atoms with Gasteiger partial charge in [-0.3, -0.25) is 10.1 Å². The predicted octanol–water partition coefficient (Wildman–Crippen LogP) is 4.15. The maximum absolute atomic E-state index is 13.1. The molecule has 0 amide bonds. The molecule has 30 heavy (non-hydrogen) atoms. The van der Waals surface area contributed by atoms with Crippen LogP contribution in [0.4, 0.5) is 5.69 Å². The summed E-state index contributed by atoms with van der Waals surface area (Å²) in [5.74, 6) is 0. The summed E-state index contributed by atoms with van der Waals surface area (Å²) in [6.07, 6.45) is 1.92. The molecule has 0 aliphatic carbocycles. The number of nitrogens with zero attached hydrogens (tertiary/aromatic N) is 2. The molecule has 7 nitrogen and oxygen atoms in total. The van der Waals surface area contributed by atoms with Crippen LogP contribution in [0.25, 0.3) is 10.9 Å². The molecule has 0 fully saturated rings. The minimum absolute atomic E-state index is 0.0331. The molecule has 8 heteroatoms. The van der Waals surface area contributed by atoms with Crippen LogP contribution in [0.15, 0.2) is 90.0 Å². The zero-order chi connectivity index (χ0) is 21.3. The van der Waals surface area contributed by atoms with Crippen LogP contribution in [0, 0.1) is 10.1 Å². The number of non-ortho nitro benzene ring substituents is 1. The van der Waals surface area contributed by atoms with Crippen molar-refractivity contribution in [1.82, 2.24) is 9.29 Å². The third-order valence-electron chi connectivity index (χ3n) is 5.00. The predicted molar refractivity (Wildman–Crippen MR) is 115 cm³/mol. The Labute approximate surface area is 173 Å². The van der Waals surface area contributed by atoms with Crippen LogP contribution >= 0.6 is 0 Å². The zero-order valence-corrected chi connectivity index (χ0v) is 16.9. The van der Waals surface area contributed by atoms with E-state index >= 15 is 0 Å². The quantitative estimate of drug-likeness (QED) is 0.374. The van der Waals surface area contributed by atoms with Gasteiger partial charge in [-0.1, -0.05) is 48.5 Å². The first-order valence-electron chi connectivity index (χ1n) is 9.22. The van der Waals surface area contributed by atoms with Gasteiger partial charge in [-0.05, 0) is 23.8 Å². The van der Waals surface area contributed by atoms with E-state index in [1.165, 1.54) is 24.3 Å². The number of nitro groups is 1. The number of aryl methyl sites for hydroxylation is 1. The van der Waals surface area contributed by atoms with E-state index in [2.05, 4.69) is 4.72 Å². The molecule has 152 valence electrons. The molecule has 4 aromatic rings. The molecular formula is C22H19N3O4S. The van der Waals surface area contributed by atoms with Gasteiger partial charge in [-0.2, -0.15) is 4.72 Å². The Morgan fingerprint density at radius 2 is 1.57 bits per heavy atom. The normalized spacial score (nSPS) is 12.7. The molecule has 1 N–H and O–H groups in total. The van der Waals surface area contributed by atoms with Gasteiger partial charge in [0.05, 0.1) is 15.9 Å². The minimum Gasteiger partial charge on any atom is -0.350 e. The third kappa shape index (κ3) is 3.70. The first kappa shape index (κ1) is 19.8. The molecule has 3 aromatic carbocycles. The molecule has 0 spiro atoms. The van der Waals surface area contributed by atoms with Crippen molar-refractivity contribution in [3.63, 3.8) is 0 Å². The fourth-order valence-corrected chi connectivity index (χ4v) is 4.73. The topological polar surface area (TPSA) is 94.2 Å². The Balaban J connectivity index is 1.80. The van der Waals surface area contributed by atoms with Crippen LogP contribution in [0.5, 0.6) is 0 Å². The molecule has 0 radical (unpaired) electrons. The van der Waals surface area contributed by atoms with E-state index in [1.807, 2.05) is 72.4 Å². The van der Waals surface area contributed by atoms with E-state index in [1.54, 1.807) is 0 Å². The molecule has 0 bridgehead atoms. The summed E-state index contributed by atoms with van der Waals surface area (Å²) in [5, 5.41) is 11.8. The first-order chi connectivity index (χ1) is 14.4. The Morgan fingerprint density at radius 1 is 0.933 bits per heavy atom. The summed E-state index contributed by atoms with van der Waals surface area (Å²) in [6.45, 7) is 0. The number of para-hydroxylation sites is 1. The van der Waals surface area contributed by atoms with Crippen molar-refractivity contribution in [2.45, 2.75) is 10.9 Å². The lowest BCUT2D eigenvalue weighted by Gasteiger charge is -2.19. The van der Waals surface area contributed by atoms with E-state index in [4.69, 9.17) is 0 Å². The van der Waals surface area contributed by atoms with Gasteiger partial charge in [0.2, 0.25) is 10.0 Å². The van der Waals surface area contributed by atoms with Crippen LogP contribution in [-0.4, -0.2) is 17.9 Å². The van der Waals surface area contributed by atoms with Gasteiger partial charge >= 0.3 is 0 Å². The van der Waals surface area contributed by atoms with Crippen molar-refractivity contribution in [3.8, 4) is 0 Å². The Morgan fingerprint density at radius 3 is 2.23 bits per heavy atom. The standard InChI is InChI=1S/C22H19N3O4S/c1-24-15-20(19-9-5-6-10-21(19)24)22(16-7-3-2-4-8-16)23-30(28,29)18-13-11-17(12-14-18)25(26)27/h2-15,22-23H,1H3. The van der Waals surface area contributed by atoms with Crippen molar-refractivity contribution in [2.24, 2.45) is 7.05 Å². The number of nitro benzene ring substituents is 1. The molecule has 1 atom stereocenters. The van der Waals surface area contributed by atoms with Crippen molar-refractivity contribution in [2.75, 3.05) is 0 Å². The van der Waals surface area contributed by atoms with Crippen LogP contribution in [-0.2, 0) is 17.1 Å². The van der Waals surface area contributed by atoms with Gasteiger partial charge in [0.25, 0.3) is 5.69 Å². The maximum atomic E-state index is 13.1. The zero-order valence-electron chi connectivity index (χ0n) is 16.1. The largest absolute Gasteiger partial charge is 0.350 e. The molecule has 0 aliphatic rings. The fourth-order valence-electron chi connectivity index (χ4n) is 3.53. The second-order valence-electron chi connectivity index (χ2n) is 6.93. The van der Waals surface area contributed by atoms with E-state index in [0.717, 1.165) is 22.0 Å². The first-order valence-corrected chi connectivity index (χ1v) is 10.7. The number of benzene rings is 3. The van der Waals surface area contributed by atoms with Gasteiger partial charge in [-0.15, -0.1) is 0 Å². The van der Waals surface area contributed by atoms with E-state index in [-0.39, 0.29) is 10.6 Å². The van der Waals surface area contributed by atoms with Crippen molar-refractivity contribution in [3.05, 3.63) is 106 Å². The van der Waals surface area contributed by atoms with E-state index in [0.29, 0.717) is 0 Å². The van der Waals surface area contributed by atoms with Crippen LogP contribution in [0.3, 0.4) is 0 Å². The van der Waals surface area contributed by atoms with Gasteiger partial charge in [0.15, 0.2) is 0 Å². The number of hydrogen-bond acceptors (Lipinski definition) is 4. The van der Waals surface area contributed by atoms with Crippen LogP contribution in [0.2, 0.25) is 0 Å². The number of aromatic nitrogens is 1. The van der Waals surface area contributed by atoms with Crippen LogP contribution in [0.1, 0.15) is 17.2 Å². The molecule has 1 aromatic heterocycles. The monoisotopic (exact) mass is 421 g/mol. The minimum atomic E-state index is -3.94. The number of nitrogens with one attached hydrogen (secondary N) is 1. The molecule has 1 unspecified atom stereocenters. The molecule has 0 saturated carbocycles. The summed E-state index contributed by atoms with van der Waals surface area (Å²) < 4.78 is 31.0. The summed E-state index contributed by atoms with van der Waals surface area (Å²) in [4.78, 5) is 10.3. The molecule has 0 aliphatic heterocycles. The molecule has 1 heterocycles. The highest BCUT2D eigenvalue weighted by molar-refractivity contribution is 7.89. The van der Waals surface area contributed by atoms with Gasteiger partial charge in [-0.25, -0.2) is 8.42 Å². The highest BCUT2D eigenvalue weighted by Gasteiger charge is 2.26. The maximum Gasteiger partial charge on any atom is 0.269 e. The average Bonchev–Trinajstić information content (AvgIpc) is 3.09. The summed E-state index contributed by atoms with van der Waals surface area (Å²) in [5.41, 5.74) is 2.44. The summed E-state index contributed by atoms with van der Waals surface area (Å²) >= 11 is 0. The van der Waals surface area contributed by atoms with Crippen molar-refractivity contribution in [1.29, 1.82) is 0 Å². The number of rotatable bonds is 6. The highest BCUT2D eigenvalue weighted by atomic mass is 32.2. The second-order valence-corrected chi connectivity index (χ2v) is 8.64. The Hall–Kier alpha value is -3.49. The lowest BCUT2D eigenvalue weighted by molar-refractivity contribution is -0.384. The number of fused-ring (bicyclic) bond motifs is 1. The summed E-state index contributed by atoms with van der Waals surface area (Å²) in [7, 11) is -2.02. The fraction of sp³-hybridized carbons (Fsp3) is 0.0909. The Kier molecular flexibility index (Phi) is 5.11.